The highest BCUT2D eigenvalue weighted by atomic mass is 15.0. The maximum atomic E-state index is 5.25. The van der Waals surface area contributed by atoms with E-state index in [1.54, 1.807) is 0 Å². The molecule has 0 atom stereocenters. The number of nitrogens with zero attached hydrogens (tertiary/aromatic N) is 3. The molecule has 0 bridgehead atoms. The van der Waals surface area contributed by atoms with Crippen LogP contribution in [0.2, 0.25) is 0 Å². The summed E-state index contributed by atoms with van der Waals surface area (Å²) >= 11 is 0. The first-order chi connectivity index (χ1) is 17.4. The van der Waals surface area contributed by atoms with E-state index in [2.05, 4.69) is 83.3 Å². The number of rotatable bonds is 0. The fourth-order valence-electron chi connectivity index (χ4n) is 6.74. The van der Waals surface area contributed by atoms with Gasteiger partial charge in [0.2, 0.25) is 0 Å². The van der Waals surface area contributed by atoms with E-state index >= 15 is 0 Å². The van der Waals surface area contributed by atoms with Crippen LogP contribution < -0.4 is 0 Å². The molecule has 0 spiro atoms. The van der Waals surface area contributed by atoms with Gasteiger partial charge in [-0.15, -0.1) is 0 Å². The third-order valence-corrected chi connectivity index (χ3v) is 8.06. The molecule has 2 aliphatic rings. The Morgan fingerprint density at radius 2 is 1.29 bits per heavy atom. The molecule has 35 heavy (non-hydrogen) atoms. The molecule has 3 nitrogen and oxygen atoms in total. The largest absolute Gasteiger partial charge is 0.290 e. The minimum absolute atomic E-state index is 0.938. The normalized spacial score (nSPS) is 13.5. The third kappa shape index (κ3) is 2.08. The van der Waals surface area contributed by atoms with Crippen molar-refractivity contribution in [1.29, 1.82) is 0 Å². The van der Waals surface area contributed by atoms with Gasteiger partial charge in [0, 0.05) is 17.0 Å². The van der Waals surface area contributed by atoms with Gasteiger partial charge in [-0.2, -0.15) is 0 Å². The van der Waals surface area contributed by atoms with Crippen molar-refractivity contribution in [3.05, 3.63) is 113 Å². The van der Waals surface area contributed by atoms with Gasteiger partial charge in [-0.3, -0.25) is 9.38 Å². The second-order valence-electron chi connectivity index (χ2n) is 9.76. The number of para-hydroxylation sites is 2. The van der Waals surface area contributed by atoms with Crippen LogP contribution in [0.25, 0.3) is 60.7 Å². The first-order valence-electron chi connectivity index (χ1n) is 12.2. The minimum atomic E-state index is 0.938. The lowest BCUT2D eigenvalue weighted by Crippen LogP contribution is -1.99. The highest BCUT2D eigenvalue weighted by Gasteiger charge is 2.34. The molecule has 0 N–H and O–H groups in total. The zero-order valence-electron chi connectivity index (χ0n) is 18.9. The maximum Gasteiger partial charge on any atom is 0.147 e. The summed E-state index contributed by atoms with van der Waals surface area (Å²) in [7, 11) is 0. The lowest BCUT2D eigenvalue weighted by Gasteiger charge is -2.17. The Labute approximate surface area is 201 Å². The van der Waals surface area contributed by atoms with E-state index in [-0.39, 0.29) is 0 Å². The van der Waals surface area contributed by atoms with Gasteiger partial charge in [0.05, 0.1) is 22.1 Å². The number of fused-ring (bicyclic) bond motifs is 17. The van der Waals surface area contributed by atoms with Crippen LogP contribution in [-0.2, 0) is 12.8 Å². The van der Waals surface area contributed by atoms with E-state index in [0.29, 0.717) is 0 Å². The Hall–Kier alpha value is -4.50. The molecule has 0 aliphatic heterocycles. The average molecular weight is 446 g/mol. The third-order valence-electron chi connectivity index (χ3n) is 8.06. The lowest BCUT2D eigenvalue weighted by atomic mass is 9.88. The molecule has 0 saturated heterocycles. The molecule has 4 aromatic carbocycles. The van der Waals surface area contributed by atoms with Crippen molar-refractivity contribution in [2.45, 2.75) is 12.8 Å². The fraction of sp³-hybridized carbons (Fsp3) is 0.0625. The molecular formula is C32H19N3. The number of aromatic nitrogens is 3. The van der Waals surface area contributed by atoms with Gasteiger partial charge in [-0.05, 0) is 81.6 Å². The smallest absolute Gasteiger partial charge is 0.147 e. The van der Waals surface area contributed by atoms with Crippen molar-refractivity contribution in [2.24, 2.45) is 0 Å². The van der Waals surface area contributed by atoms with E-state index in [4.69, 9.17) is 9.97 Å². The van der Waals surface area contributed by atoms with Crippen LogP contribution in [0.4, 0.5) is 0 Å². The zero-order valence-corrected chi connectivity index (χ0v) is 18.9. The van der Waals surface area contributed by atoms with Gasteiger partial charge in [0.25, 0.3) is 0 Å². The van der Waals surface area contributed by atoms with E-state index in [1.165, 1.54) is 55.3 Å². The highest BCUT2D eigenvalue weighted by Crippen LogP contribution is 2.53. The molecule has 3 aromatic heterocycles. The number of hydrogen-bond acceptors (Lipinski definition) is 2. The summed E-state index contributed by atoms with van der Waals surface area (Å²) < 4.78 is 2.33. The Bertz CT molecular complexity index is 2060. The van der Waals surface area contributed by atoms with Crippen molar-refractivity contribution in [3.63, 3.8) is 0 Å². The fourth-order valence-corrected chi connectivity index (χ4v) is 6.74. The molecule has 9 rings (SSSR count). The van der Waals surface area contributed by atoms with Crippen LogP contribution in [0.5, 0.6) is 0 Å². The van der Waals surface area contributed by atoms with Crippen molar-refractivity contribution >= 4 is 38.5 Å². The van der Waals surface area contributed by atoms with Gasteiger partial charge in [-0.1, -0.05) is 60.7 Å². The summed E-state index contributed by atoms with van der Waals surface area (Å²) in [6.45, 7) is 0. The number of hydrogen-bond donors (Lipinski definition) is 0. The second kappa shape index (κ2) is 6.13. The molecule has 0 saturated carbocycles. The number of imidazole rings is 1. The molecule has 0 fully saturated rings. The van der Waals surface area contributed by atoms with E-state index in [1.807, 2.05) is 12.3 Å². The molecule has 3 heterocycles. The second-order valence-corrected chi connectivity index (χ2v) is 9.76. The minimum Gasteiger partial charge on any atom is -0.290 e. The summed E-state index contributed by atoms with van der Waals surface area (Å²) in [5.41, 5.74) is 16.5. The monoisotopic (exact) mass is 445 g/mol. The average Bonchev–Trinajstić information content (AvgIpc) is 3.59. The first-order valence-corrected chi connectivity index (χ1v) is 12.2. The molecule has 0 unspecified atom stereocenters. The summed E-state index contributed by atoms with van der Waals surface area (Å²) in [6, 6.07) is 30.5. The molecule has 0 amide bonds. The van der Waals surface area contributed by atoms with Gasteiger partial charge in [-0.25, -0.2) is 4.98 Å². The molecular weight excluding hydrogens is 426 g/mol. The van der Waals surface area contributed by atoms with Crippen LogP contribution in [0.1, 0.15) is 22.3 Å². The SMILES string of the molecule is c1ccc2c(c1)Cc1c-2c2c(c3c1c1ncccc1n1c4ccccc4nc31)-c1ccccc1C2. The van der Waals surface area contributed by atoms with Crippen molar-refractivity contribution in [2.75, 3.05) is 0 Å². The number of benzene rings is 4. The summed E-state index contributed by atoms with van der Waals surface area (Å²) in [5.74, 6) is 0. The summed E-state index contributed by atoms with van der Waals surface area (Å²) in [5, 5.41) is 2.52. The van der Waals surface area contributed by atoms with E-state index < -0.39 is 0 Å². The highest BCUT2D eigenvalue weighted by molar-refractivity contribution is 6.22. The summed E-state index contributed by atoms with van der Waals surface area (Å²) in [6.07, 6.45) is 3.83. The Morgan fingerprint density at radius 1 is 0.600 bits per heavy atom. The predicted molar refractivity (Wildman–Crippen MR) is 142 cm³/mol. The van der Waals surface area contributed by atoms with E-state index in [9.17, 15) is 0 Å². The molecule has 2 aliphatic carbocycles. The molecule has 0 radical (unpaired) electrons. The van der Waals surface area contributed by atoms with Crippen LogP contribution in [-0.4, -0.2) is 14.4 Å². The lowest BCUT2D eigenvalue weighted by molar-refractivity contribution is 1.24. The quantitative estimate of drug-likeness (QED) is 0.229. The Balaban J connectivity index is 1.64. The first kappa shape index (κ1) is 17.9. The number of pyridine rings is 2. The van der Waals surface area contributed by atoms with Crippen LogP contribution in [0, 0.1) is 0 Å². The predicted octanol–water partition coefficient (Wildman–Crippen LogP) is 7.33. The van der Waals surface area contributed by atoms with Crippen LogP contribution >= 0.6 is 0 Å². The van der Waals surface area contributed by atoms with Crippen LogP contribution in [0.3, 0.4) is 0 Å². The van der Waals surface area contributed by atoms with Gasteiger partial charge >= 0.3 is 0 Å². The van der Waals surface area contributed by atoms with Crippen molar-refractivity contribution in [1.82, 2.24) is 14.4 Å². The molecule has 3 heteroatoms. The van der Waals surface area contributed by atoms with Gasteiger partial charge in [0.15, 0.2) is 0 Å². The van der Waals surface area contributed by atoms with E-state index in [0.717, 1.165) is 40.6 Å². The van der Waals surface area contributed by atoms with Gasteiger partial charge in [0.1, 0.15) is 5.65 Å². The maximum absolute atomic E-state index is 5.25. The van der Waals surface area contributed by atoms with Crippen LogP contribution in [0.15, 0.2) is 91.1 Å². The van der Waals surface area contributed by atoms with Gasteiger partial charge < -0.3 is 0 Å². The topological polar surface area (TPSA) is 30.2 Å². The standard InChI is InChI=1S/C32H19N3/c1-3-10-20-18(8-1)17-23-27(20)22-16-19-9-2-4-11-21(19)28(22)30-29(23)31-26(14-7-15-33-31)35-25-13-6-5-12-24(25)34-32(30)35/h1-15H,16-17H2. The zero-order chi connectivity index (χ0) is 22.7. The Morgan fingerprint density at radius 3 is 2.14 bits per heavy atom. The molecule has 7 aromatic rings. The summed E-state index contributed by atoms with van der Waals surface area (Å²) in [4.78, 5) is 10.3. The Kier molecular flexibility index (Phi) is 3.14. The van der Waals surface area contributed by atoms with Crippen molar-refractivity contribution in [3.8, 4) is 22.3 Å². The van der Waals surface area contributed by atoms with Crippen molar-refractivity contribution < 1.29 is 0 Å². The molecule has 162 valence electrons.